The van der Waals surface area contributed by atoms with Gasteiger partial charge < -0.3 is 10.2 Å². The minimum absolute atomic E-state index is 0.146. The molecule has 1 unspecified atom stereocenters. The van der Waals surface area contributed by atoms with Gasteiger partial charge in [0.05, 0.1) is 6.10 Å². The molecule has 4 aliphatic carbocycles. The molecule has 162 valence electrons. The molecule has 3 N–H and O–H groups in total. The van der Waals surface area contributed by atoms with Crippen molar-refractivity contribution in [1.29, 1.82) is 0 Å². The van der Waals surface area contributed by atoms with Crippen molar-refractivity contribution < 1.29 is 27.4 Å². The largest absolute Gasteiger partial charge is 0.400 e. The van der Waals surface area contributed by atoms with Gasteiger partial charge in [-0.05, 0) is 99.2 Å². The van der Waals surface area contributed by atoms with Crippen LogP contribution >= 0.6 is 0 Å². The van der Waals surface area contributed by atoms with Crippen molar-refractivity contribution in [1.82, 2.24) is 0 Å². The van der Waals surface area contributed by atoms with E-state index in [-0.39, 0.29) is 22.9 Å². The molecule has 28 heavy (non-hydrogen) atoms. The number of aliphatic hydroxyl groups excluding tert-OH is 1. The molecule has 9 atom stereocenters. The summed E-state index contributed by atoms with van der Waals surface area (Å²) in [5, 5.41) is 21.0. The Kier molecular flexibility index (Phi) is 4.99. The molecule has 0 amide bonds. The fourth-order valence-corrected chi connectivity index (χ4v) is 8.93. The third-order valence-corrected chi connectivity index (χ3v) is 10.1. The molecular weight excluding hydrogens is 380 g/mol. The Morgan fingerprint density at radius 2 is 1.61 bits per heavy atom. The molecule has 7 heteroatoms. The Morgan fingerprint density at radius 3 is 2.29 bits per heavy atom. The lowest BCUT2D eigenvalue weighted by molar-refractivity contribution is -0.206. The minimum atomic E-state index is -4.71. The lowest BCUT2D eigenvalue weighted by Gasteiger charge is -2.61. The second-order valence-electron chi connectivity index (χ2n) is 10.8. The van der Waals surface area contributed by atoms with Crippen LogP contribution in [0.4, 0.5) is 0 Å². The van der Waals surface area contributed by atoms with E-state index in [4.69, 9.17) is 8.74 Å². The average molecular weight is 417 g/mol. The first-order chi connectivity index (χ1) is 12.9. The maximum Gasteiger partial charge on any atom is 0.400 e. The quantitative estimate of drug-likeness (QED) is 0.480. The minimum Gasteiger partial charge on any atom is -0.393 e. The van der Waals surface area contributed by atoms with Crippen LogP contribution in [0, 0.1) is 40.4 Å². The lowest BCUT2D eigenvalue weighted by atomic mass is 9.44. The summed E-state index contributed by atoms with van der Waals surface area (Å²) < 4.78 is 36.4. The Bertz CT molecular complexity index is 720. The highest BCUT2D eigenvalue weighted by molar-refractivity contribution is 7.80. The third-order valence-electron chi connectivity index (χ3n) is 9.56. The lowest BCUT2D eigenvalue weighted by Crippen LogP contribution is -2.56. The molecule has 6 nitrogen and oxygen atoms in total. The fourth-order valence-electron chi connectivity index (χ4n) is 8.39. The zero-order chi connectivity index (χ0) is 20.5. The first-order valence-electron chi connectivity index (χ1n) is 11.0. The smallest absolute Gasteiger partial charge is 0.393 e. The van der Waals surface area contributed by atoms with E-state index in [0.29, 0.717) is 30.1 Å². The van der Waals surface area contributed by atoms with E-state index in [1.807, 2.05) is 0 Å². The number of hydrogen-bond donors (Lipinski definition) is 3. The first kappa shape index (κ1) is 21.0. The zero-order valence-electron chi connectivity index (χ0n) is 17.3. The van der Waals surface area contributed by atoms with Crippen molar-refractivity contribution in [3.8, 4) is 0 Å². The van der Waals surface area contributed by atoms with Gasteiger partial charge in [-0.1, -0.05) is 13.8 Å². The SMILES string of the molecule is C[C@]12CC[C@H]3[C@@H](CCC4C[C@@H](O)CC[C@@]43C)[C@@H]1CC[C@@H]2[C@](C)(O)OS(=O)(=O)O. The topological polar surface area (TPSA) is 104 Å². The zero-order valence-corrected chi connectivity index (χ0v) is 18.1. The monoisotopic (exact) mass is 416 g/mol. The van der Waals surface area contributed by atoms with Gasteiger partial charge in [-0.25, -0.2) is 4.18 Å². The summed E-state index contributed by atoms with van der Waals surface area (Å²) >= 11 is 0. The van der Waals surface area contributed by atoms with Crippen molar-refractivity contribution in [2.24, 2.45) is 40.4 Å². The van der Waals surface area contributed by atoms with Crippen molar-refractivity contribution in [2.75, 3.05) is 0 Å². The Balaban J connectivity index is 1.59. The summed E-state index contributed by atoms with van der Waals surface area (Å²) in [6.07, 6.45) is 8.80. The number of hydrogen-bond acceptors (Lipinski definition) is 5. The van der Waals surface area contributed by atoms with Gasteiger partial charge in [-0.15, -0.1) is 0 Å². The maximum atomic E-state index is 11.3. The second kappa shape index (κ2) is 6.64. The van der Waals surface area contributed by atoms with Crippen LogP contribution in [0.3, 0.4) is 0 Å². The van der Waals surface area contributed by atoms with Crippen molar-refractivity contribution in [3.63, 3.8) is 0 Å². The van der Waals surface area contributed by atoms with Crippen LogP contribution < -0.4 is 0 Å². The number of fused-ring (bicyclic) bond motifs is 5. The van der Waals surface area contributed by atoms with Crippen LogP contribution in [-0.4, -0.2) is 35.1 Å². The van der Waals surface area contributed by atoms with Crippen LogP contribution in [0.5, 0.6) is 0 Å². The molecule has 0 aromatic rings. The van der Waals surface area contributed by atoms with E-state index in [1.54, 1.807) is 0 Å². The molecule has 0 radical (unpaired) electrons. The van der Waals surface area contributed by atoms with Gasteiger partial charge in [0.15, 0.2) is 5.79 Å². The van der Waals surface area contributed by atoms with Gasteiger partial charge in [-0.3, -0.25) is 4.55 Å². The van der Waals surface area contributed by atoms with Crippen LogP contribution in [0.15, 0.2) is 0 Å². The molecule has 4 fully saturated rings. The van der Waals surface area contributed by atoms with Crippen LogP contribution in [0.1, 0.15) is 78.6 Å². The van der Waals surface area contributed by atoms with E-state index < -0.39 is 16.2 Å². The van der Waals surface area contributed by atoms with Gasteiger partial charge in [0, 0.05) is 5.92 Å². The highest BCUT2D eigenvalue weighted by Crippen LogP contribution is 2.68. The highest BCUT2D eigenvalue weighted by atomic mass is 32.3. The van der Waals surface area contributed by atoms with Crippen molar-refractivity contribution in [2.45, 2.75) is 90.4 Å². The summed E-state index contributed by atoms with van der Waals surface area (Å²) in [5.41, 5.74) is 0.0990. The Hall–Kier alpha value is -0.210. The maximum absolute atomic E-state index is 11.3. The van der Waals surface area contributed by atoms with E-state index in [1.165, 1.54) is 6.92 Å². The molecule has 0 heterocycles. The van der Waals surface area contributed by atoms with E-state index in [2.05, 4.69) is 13.8 Å². The Morgan fingerprint density at radius 1 is 0.964 bits per heavy atom. The molecule has 4 rings (SSSR count). The van der Waals surface area contributed by atoms with Crippen LogP contribution in [0.2, 0.25) is 0 Å². The molecule has 0 bridgehead atoms. The number of rotatable bonds is 3. The van der Waals surface area contributed by atoms with E-state index in [9.17, 15) is 18.6 Å². The van der Waals surface area contributed by atoms with Gasteiger partial charge in [-0.2, -0.15) is 8.42 Å². The fraction of sp³-hybridized carbons (Fsp3) is 1.00. The molecule has 0 aromatic heterocycles. The van der Waals surface area contributed by atoms with Gasteiger partial charge in [0.1, 0.15) is 0 Å². The summed E-state index contributed by atoms with van der Waals surface area (Å²) in [6.45, 7) is 6.01. The van der Waals surface area contributed by atoms with E-state index in [0.717, 1.165) is 51.4 Å². The predicted molar refractivity (Wildman–Crippen MR) is 104 cm³/mol. The Labute approximate surface area is 169 Å². The summed E-state index contributed by atoms with van der Waals surface area (Å²) in [4.78, 5) is 0. The summed E-state index contributed by atoms with van der Waals surface area (Å²) in [5.74, 6) is 0.0683. The average Bonchev–Trinajstić information content (AvgIpc) is 2.91. The van der Waals surface area contributed by atoms with Crippen LogP contribution in [0.25, 0.3) is 0 Å². The standard InChI is InChI=1S/C21H36O6S/c1-19-10-8-14(22)12-13(19)4-5-15-16-6-7-18(20(16,2)11-9-17(15)19)21(3,23)27-28(24,25)26/h13-18,22-23H,4-12H2,1-3H3,(H,24,25,26)/t13?,14-,15-,16-,17-,18-,19-,20-,21+/m0/s1. The van der Waals surface area contributed by atoms with Gasteiger partial charge in [0.2, 0.25) is 0 Å². The molecule has 4 aliphatic rings. The summed E-state index contributed by atoms with van der Waals surface area (Å²) in [7, 11) is -4.71. The third kappa shape index (κ3) is 3.25. The van der Waals surface area contributed by atoms with Crippen molar-refractivity contribution in [3.05, 3.63) is 0 Å². The first-order valence-corrected chi connectivity index (χ1v) is 12.3. The van der Waals surface area contributed by atoms with E-state index >= 15 is 0 Å². The molecule has 0 spiro atoms. The van der Waals surface area contributed by atoms with Crippen LogP contribution in [-0.2, 0) is 14.6 Å². The highest BCUT2D eigenvalue weighted by Gasteiger charge is 2.63. The molecule has 0 aromatic carbocycles. The molecule has 4 saturated carbocycles. The molecular formula is C21H36O6S. The summed E-state index contributed by atoms with van der Waals surface area (Å²) in [6, 6.07) is 0. The van der Waals surface area contributed by atoms with Gasteiger partial charge >= 0.3 is 10.4 Å². The second-order valence-corrected chi connectivity index (χ2v) is 11.8. The van der Waals surface area contributed by atoms with Crippen molar-refractivity contribution >= 4 is 10.4 Å². The van der Waals surface area contributed by atoms with Gasteiger partial charge in [0.25, 0.3) is 0 Å². The normalized spacial score (nSPS) is 50.9. The molecule has 0 saturated heterocycles. The number of aliphatic hydroxyl groups is 2. The predicted octanol–water partition coefficient (Wildman–Crippen LogP) is 3.53. The molecule has 0 aliphatic heterocycles.